The molecule has 0 spiro atoms. The van der Waals surface area contributed by atoms with E-state index in [1.165, 1.54) is 34.8 Å². The van der Waals surface area contributed by atoms with Gasteiger partial charge in [-0.25, -0.2) is 8.42 Å². The lowest BCUT2D eigenvalue weighted by Gasteiger charge is -2.20. The minimum Gasteiger partial charge on any atom is -0.325 e. The first-order valence-corrected chi connectivity index (χ1v) is 11.8. The molecule has 158 valence electrons. The number of amides is 1. The van der Waals surface area contributed by atoms with Crippen molar-refractivity contribution in [2.24, 2.45) is 0 Å². The molecule has 0 saturated heterocycles. The quantitative estimate of drug-likeness (QED) is 0.540. The van der Waals surface area contributed by atoms with Gasteiger partial charge in [0.05, 0.1) is 21.5 Å². The third kappa shape index (κ3) is 5.60. The fraction of sp³-hybridized carbons (Fsp3) is 0.190. The number of benzene rings is 2. The lowest BCUT2D eigenvalue weighted by atomic mass is 10.3. The van der Waals surface area contributed by atoms with Gasteiger partial charge in [0.25, 0.3) is 10.0 Å². The van der Waals surface area contributed by atoms with E-state index < -0.39 is 10.0 Å². The van der Waals surface area contributed by atoms with Crippen LogP contribution < -0.4 is 9.62 Å². The zero-order chi connectivity index (χ0) is 21.7. The van der Waals surface area contributed by atoms with Crippen LogP contribution in [0.5, 0.6) is 0 Å². The summed E-state index contributed by atoms with van der Waals surface area (Å²) < 4.78 is 27.8. The van der Waals surface area contributed by atoms with Gasteiger partial charge < -0.3 is 5.32 Å². The number of hydrogen-bond acceptors (Lipinski definition) is 5. The molecule has 0 fully saturated rings. The number of carbonyl (C=O) groups excluding carboxylic acids is 1. The summed E-state index contributed by atoms with van der Waals surface area (Å²) in [4.78, 5) is 15.4. The van der Waals surface area contributed by atoms with E-state index in [1.54, 1.807) is 36.4 Å². The van der Waals surface area contributed by atoms with Gasteiger partial charge in [0.2, 0.25) is 5.91 Å². The Bertz CT molecular complexity index is 1120. The summed E-state index contributed by atoms with van der Waals surface area (Å²) in [6, 6.07) is 18.8. The Morgan fingerprint density at radius 1 is 1.03 bits per heavy atom. The highest BCUT2D eigenvalue weighted by molar-refractivity contribution is 7.92. The Morgan fingerprint density at radius 2 is 1.77 bits per heavy atom. The van der Waals surface area contributed by atoms with E-state index in [2.05, 4.69) is 5.32 Å². The highest BCUT2D eigenvalue weighted by Gasteiger charge is 2.21. The number of thiophene rings is 1. The number of halogens is 1. The van der Waals surface area contributed by atoms with Crippen molar-refractivity contribution in [1.82, 2.24) is 4.90 Å². The first-order chi connectivity index (χ1) is 14.3. The van der Waals surface area contributed by atoms with E-state index in [-0.39, 0.29) is 17.3 Å². The van der Waals surface area contributed by atoms with Gasteiger partial charge in [0, 0.05) is 24.2 Å². The molecule has 1 heterocycles. The highest BCUT2D eigenvalue weighted by Crippen LogP contribution is 2.24. The molecule has 0 saturated carbocycles. The molecule has 0 bridgehead atoms. The number of rotatable bonds is 8. The summed E-state index contributed by atoms with van der Waals surface area (Å²) in [5, 5.41) is 2.77. The maximum atomic E-state index is 12.9. The number of anilines is 2. The van der Waals surface area contributed by atoms with Gasteiger partial charge in [0.1, 0.15) is 0 Å². The van der Waals surface area contributed by atoms with Gasteiger partial charge in [-0.2, -0.15) is 0 Å². The van der Waals surface area contributed by atoms with Gasteiger partial charge in [-0.1, -0.05) is 35.9 Å². The lowest BCUT2D eigenvalue weighted by Crippen LogP contribution is -2.30. The maximum Gasteiger partial charge on any atom is 0.264 e. The number of para-hydroxylation sites is 1. The van der Waals surface area contributed by atoms with Gasteiger partial charge >= 0.3 is 0 Å². The van der Waals surface area contributed by atoms with E-state index in [4.69, 9.17) is 11.6 Å². The molecule has 1 N–H and O–H groups in total. The molecule has 2 aromatic carbocycles. The van der Waals surface area contributed by atoms with Crippen LogP contribution in [0, 0.1) is 0 Å². The van der Waals surface area contributed by atoms with Crippen LogP contribution in [0.2, 0.25) is 4.34 Å². The molecule has 1 aromatic heterocycles. The fourth-order valence-electron chi connectivity index (χ4n) is 2.87. The van der Waals surface area contributed by atoms with Crippen molar-refractivity contribution in [3.8, 4) is 0 Å². The summed E-state index contributed by atoms with van der Waals surface area (Å²) in [5.41, 5.74) is 0.984. The monoisotopic (exact) mass is 463 g/mol. The van der Waals surface area contributed by atoms with Crippen molar-refractivity contribution >= 4 is 50.2 Å². The number of hydrogen-bond donors (Lipinski definition) is 1. The minimum atomic E-state index is -3.75. The molecule has 9 heteroatoms. The van der Waals surface area contributed by atoms with Crippen LogP contribution in [-0.4, -0.2) is 39.9 Å². The molecule has 30 heavy (non-hydrogen) atoms. The zero-order valence-electron chi connectivity index (χ0n) is 16.6. The molecule has 3 aromatic rings. The van der Waals surface area contributed by atoms with Crippen LogP contribution in [0.1, 0.15) is 4.88 Å². The van der Waals surface area contributed by atoms with E-state index in [9.17, 15) is 13.2 Å². The summed E-state index contributed by atoms with van der Waals surface area (Å²) in [5.74, 6) is -0.230. The topological polar surface area (TPSA) is 69.7 Å². The average molecular weight is 464 g/mol. The summed E-state index contributed by atoms with van der Waals surface area (Å²) >= 11 is 7.41. The van der Waals surface area contributed by atoms with Gasteiger partial charge in [0.15, 0.2) is 0 Å². The molecule has 6 nitrogen and oxygen atoms in total. The Hall–Kier alpha value is -2.39. The van der Waals surface area contributed by atoms with Crippen LogP contribution in [0.4, 0.5) is 11.4 Å². The van der Waals surface area contributed by atoms with Crippen molar-refractivity contribution in [3.63, 3.8) is 0 Å². The third-order valence-corrected chi connectivity index (χ3v) is 7.36. The van der Waals surface area contributed by atoms with Crippen molar-refractivity contribution in [3.05, 3.63) is 75.9 Å². The average Bonchev–Trinajstić information content (AvgIpc) is 3.12. The van der Waals surface area contributed by atoms with E-state index in [0.717, 1.165) is 4.88 Å². The fourth-order valence-corrected chi connectivity index (χ4v) is 5.28. The summed E-state index contributed by atoms with van der Waals surface area (Å²) in [6.07, 6.45) is 0. The van der Waals surface area contributed by atoms with E-state index >= 15 is 0 Å². The maximum absolute atomic E-state index is 12.9. The zero-order valence-corrected chi connectivity index (χ0v) is 19.0. The van der Waals surface area contributed by atoms with E-state index in [0.29, 0.717) is 22.3 Å². The molecule has 0 aliphatic heterocycles. The Morgan fingerprint density at radius 3 is 2.43 bits per heavy atom. The Kier molecular flexibility index (Phi) is 7.14. The van der Waals surface area contributed by atoms with Crippen LogP contribution in [-0.2, 0) is 21.4 Å². The lowest BCUT2D eigenvalue weighted by molar-refractivity contribution is -0.117. The molecule has 1 amide bonds. The van der Waals surface area contributed by atoms with Crippen LogP contribution in [0.25, 0.3) is 0 Å². The first kappa shape index (κ1) is 22.3. The number of sulfonamides is 1. The molecule has 0 aliphatic rings. The summed E-state index contributed by atoms with van der Waals surface area (Å²) in [7, 11) is -0.413. The highest BCUT2D eigenvalue weighted by atomic mass is 35.5. The van der Waals surface area contributed by atoms with Crippen LogP contribution in [0.3, 0.4) is 0 Å². The molecule has 0 aliphatic carbocycles. The predicted molar refractivity (Wildman–Crippen MR) is 123 cm³/mol. The SMILES string of the molecule is CN(CC(=O)Nc1cccc(S(=O)(=O)N(C)c2ccccc2)c1)Cc1ccc(Cl)s1. The molecular weight excluding hydrogens is 442 g/mol. The van der Waals surface area contributed by atoms with Crippen molar-refractivity contribution in [1.29, 1.82) is 0 Å². The smallest absolute Gasteiger partial charge is 0.264 e. The number of likely N-dealkylation sites (N-methyl/N-ethyl adjacent to an activating group) is 1. The molecule has 0 atom stereocenters. The van der Waals surface area contributed by atoms with Crippen molar-refractivity contribution in [2.45, 2.75) is 11.4 Å². The predicted octanol–water partition coefficient (Wildman–Crippen LogP) is 4.30. The molecule has 3 rings (SSSR count). The summed E-state index contributed by atoms with van der Waals surface area (Å²) in [6.45, 7) is 0.761. The van der Waals surface area contributed by atoms with Crippen molar-refractivity contribution in [2.75, 3.05) is 30.3 Å². The Balaban J connectivity index is 1.66. The molecule has 0 radical (unpaired) electrons. The molecule has 0 unspecified atom stereocenters. The van der Waals surface area contributed by atoms with Gasteiger partial charge in [-0.15, -0.1) is 11.3 Å². The van der Waals surface area contributed by atoms with Crippen molar-refractivity contribution < 1.29 is 13.2 Å². The molecular formula is C21H22ClN3O3S2. The minimum absolute atomic E-state index is 0.105. The Labute approximate surface area is 185 Å². The standard InChI is InChI=1S/C21H22ClN3O3S2/c1-24(14-18-11-12-20(22)29-18)15-21(26)23-16-7-6-10-19(13-16)30(27,28)25(2)17-8-4-3-5-9-17/h3-13H,14-15H2,1-2H3,(H,23,26). The normalized spacial score (nSPS) is 11.5. The second-order valence-electron chi connectivity index (χ2n) is 6.76. The van der Waals surface area contributed by atoms with Crippen LogP contribution >= 0.6 is 22.9 Å². The largest absolute Gasteiger partial charge is 0.325 e. The number of nitrogens with one attached hydrogen (secondary N) is 1. The number of carbonyl (C=O) groups is 1. The third-order valence-electron chi connectivity index (χ3n) is 4.36. The number of nitrogens with zero attached hydrogens (tertiary/aromatic N) is 2. The van der Waals surface area contributed by atoms with Gasteiger partial charge in [-0.05, 0) is 49.5 Å². The van der Waals surface area contributed by atoms with E-state index in [1.807, 2.05) is 30.1 Å². The second-order valence-corrected chi connectivity index (χ2v) is 10.5. The van der Waals surface area contributed by atoms with Crippen LogP contribution in [0.15, 0.2) is 71.6 Å². The second kappa shape index (κ2) is 9.61. The first-order valence-electron chi connectivity index (χ1n) is 9.12. The van der Waals surface area contributed by atoms with Gasteiger partial charge in [-0.3, -0.25) is 14.0 Å².